The molecule has 0 saturated carbocycles. The van der Waals surface area contributed by atoms with E-state index in [9.17, 15) is 0 Å². The maximum Gasteiger partial charge on any atom is 0.0446 e. The third-order valence-corrected chi connectivity index (χ3v) is 3.25. The van der Waals surface area contributed by atoms with E-state index in [0.717, 1.165) is 5.56 Å². The quantitative estimate of drug-likeness (QED) is 0.545. The lowest BCUT2D eigenvalue weighted by atomic mass is 9.93. The van der Waals surface area contributed by atoms with Crippen LogP contribution in [0.2, 0.25) is 0 Å². The molecule has 1 heteroatoms. The highest BCUT2D eigenvalue weighted by Gasteiger charge is 2.10. The van der Waals surface area contributed by atoms with Crippen LogP contribution in [0.4, 0.5) is 0 Å². The topological polar surface area (TPSA) is 23.8 Å². The molecule has 3 aromatic carbocycles. The van der Waals surface area contributed by atoms with Gasteiger partial charge in [0, 0.05) is 6.04 Å². The van der Waals surface area contributed by atoms with Crippen LogP contribution in [0.5, 0.6) is 0 Å². The van der Waals surface area contributed by atoms with Crippen LogP contribution >= 0.6 is 0 Å². The molecule has 0 aliphatic heterocycles. The Morgan fingerprint density at radius 2 is 1.29 bits per heavy atom. The fraction of sp³-hybridized carbons (Fsp3) is 0.125. The molecule has 0 saturated heterocycles. The van der Waals surface area contributed by atoms with Crippen molar-refractivity contribution in [1.82, 2.24) is 5.73 Å². The van der Waals surface area contributed by atoms with Gasteiger partial charge in [-0.05, 0) is 40.1 Å². The fourth-order valence-corrected chi connectivity index (χ4v) is 2.52. The molecule has 3 rings (SSSR count). The Balaban J connectivity index is 2.56. The average Bonchev–Trinajstić information content (AvgIpc) is 2.35. The minimum atomic E-state index is -0.203. The minimum Gasteiger partial charge on any atom is -0.250 e. The second-order valence-corrected chi connectivity index (χ2v) is 4.45. The molecular weight excluding hydrogens is 206 g/mol. The molecule has 0 spiro atoms. The number of hydrogen-bond donors (Lipinski definition) is 0. The van der Waals surface area contributed by atoms with Crippen molar-refractivity contribution in [3.8, 4) is 0 Å². The Labute approximate surface area is 101 Å². The molecular formula is C16H14N. The molecule has 17 heavy (non-hydrogen) atoms. The highest BCUT2D eigenvalue weighted by molar-refractivity contribution is 6.02. The highest BCUT2D eigenvalue weighted by atomic mass is 14.6. The zero-order valence-electron chi connectivity index (χ0n) is 9.77. The molecule has 1 unspecified atom stereocenters. The first-order valence-corrected chi connectivity index (χ1v) is 5.89. The van der Waals surface area contributed by atoms with E-state index >= 15 is 0 Å². The van der Waals surface area contributed by atoms with E-state index in [1.165, 1.54) is 21.5 Å². The lowest BCUT2D eigenvalue weighted by Crippen LogP contribution is -1.96. The number of benzene rings is 3. The predicted octanol–water partition coefficient (Wildman–Crippen LogP) is 4.34. The van der Waals surface area contributed by atoms with Crippen LogP contribution < -0.4 is 5.73 Å². The standard InChI is InChI=1S/C16H14N/c1-11(17)16-14-8-4-2-6-12(14)10-13-7-3-5-9-15(13)16/h2-11,17H,1H3. The van der Waals surface area contributed by atoms with Crippen LogP contribution in [0.25, 0.3) is 21.5 Å². The van der Waals surface area contributed by atoms with Gasteiger partial charge in [-0.25, -0.2) is 0 Å². The van der Waals surface area contributed by atoms with Crippen molar-refractivity contribution >= 4 is 21.5 Å². The van der Waals surface area contributed by atoms with Crippen molar-refractivity contribution in [2.45, 2.75) is 13.0 Å². The summed E-state index contributed by atoms with van der Waals surface area (Å²) in [5, 5.41) is 4.85. The Hall–Kier alpha value is -1.86. The van der Waals surface area contributed by atoms with Crippen LogP contribution in [0.3, 0.4) is 0 Å². The normalized spacial score (nSPS) is 13.1. The summed E-state index contributed by atoms with van der Waals surface area (Å²) in [6.45, 7) is 1.94. The van der Waals surface area contributed by atoms with Gasteiger partial charge in [-0.15, -0.1) is 0 Å². The Morgan fingerprint density at radius 3 is 1.76 bits per heavy atom. The third kappa shape index (κ3) is 1.60. The van der Waals surface area contributed by atoms with Crippen molar-refractivity contribution in [2.75, 3.05) is 0 Å². The van der Waals surface area contributed by atoms with Crippen LogP contribution in [-0.4, -0.2) is 0 Å². The molecule has 1 radical (unpaired) electrons. The van der Waals surface area contributed by atoms with E-state index in [1.54, 1.807) is 0 Å². The number of fused-ring (bicyclic) bond motifs is 2. The van der Waals surface area contributed by atoms with Crippen molar-refractivity contribution in [3.05, 3.63) is 60.2 Å². The first-order valence-electron chi connectivity index (χ1n) is 5.89. The summed E-state index contributed by atoms with van der Waals surface area (Å²) in [6.07, 6.45) is 0. The van der Waals surface area contributed by atoms with Crippen molar-refractivity contribution in [1.29, 1.82) is 0 Å². The second kappa shape index (κ2) is 3.86. The molecule has 1 atom stereocenters. The first kappa shape index (κ1) is 10.3. The minimum absolute atomic E-state index is 0.203. The summed E-state index contributed by atoms with van der Waals surface area (Å²) >= 11 is 0. The van der Waals surface area contributed by atoms with E-state index in [-0.39, 0.29) is 6.04 Å². The summed E-state index contributed by atoms with van der Waals surface area (Å²) < 4.78 is 0. The molecule has 83 valence electrons. The van der Waals surface area contributed by atoms with Gasteiger partial charge in [0.2, 0.25) is 0 Å². The molecule has 0 fully saturated rings. The van der Waals surface area contributed by atoms with Crippen molar-refractivity contribution in [3.63, 3.8) is 0 Å². The van der Waals surface area contributed by atoms with Gasteiger partial charge in [0.05, 0.1) is 0 Å². The summed E-state index contributed by atoms with van der Waals surface area (Å²) in [5.41, 5.74) is 9.22. The largest absolute Gasteiger partial charge is 0.250 e. The first-order chi connectivity index (χ1) is 8.27. The zero-order chi connectivity index (χ0) is 11.8. The molecule has 0 heterocycles. The monoisotopic (exact) mass is 220 g/mol. The third-order valence-electron chi connectivity index (χ3n) is 3.25. The van der Waals surface area contributed by atoms with Gasteiger partial charge in [0.1, 0.15) is 0 Å². The van der Waals surface area contributed by atoms with Gasteiger partial charge in [0.25, 0.3) is 0 Å². The molecule has 1 nitrogen and oxygen atoms in total. The lowest BCUT2D eigenvalue weighted by molar-refractivity contribution is 0.803. The average molecular weight is 220 g/mol. The fourth-order valence-electron chi connectivity index (χ4n) is 2.52. The Bertz CT molecular complexity index is 629. The second-order valence-electron chi connectivity index (χ2n) is 4.45. The summed E-state index contributed by atoms with van der Waals surface area (Å²) in [5.74, 6) is 0. The van der Waals surface area contributed by atoms with Gasteiger partial charge in [-0.1, -0.05) is 48.5 Å². The highest BCUT2D eigenvalue weighted by Crippen LogP contribution is 2.32. The SMILES string of the molecule is CC([NH])c1c2ccccc2cc2ccccc12. The van der Waals surface area contributed by atoms with Gasteiger partial charge in [-0.3, -0.25) is 5.73 Å². The summed E-state index contributed by atoms with van der Waals surface area (Å²) in [7, 11) is 0. The molecule has 0 aliphatic rings. The summed E-state index contributed by atoms with van der Waals surface area (Å²) in [6, 6.07) is 18.7. The number of hydrogen-bond acceptors (Lipinski definition) is 0. The van der Waals surface area contributed by atoms with Crippen LogP contribution in [0, 0.1) is 0 Å². The maximum atomic E-state index is 8.08. The number of rotatable bonds is 1. The Kier molecular flexibility index (Phi) is 2.34. The maximum absolute atomic E-state index is 8.08. The van der Waals surface area contributed by atoms with E-state index < -0.39 is 0 Å². The Morgan fingerprint density at radius 1 is 0.824 bits per heavy atom. The van der Waals surface area contributed by atoms with E-state index in [1.807, 2.05) is 19.1 Å². The molecule has 0 bridgehead atoms. The van der Waals surface area contributed by atoms with Gasteiger partial charge in [-0.2, -0.15) is 0 Å². The smallest absolute Gasteiger partial charge is 0.0446 e. The molecule has 3 aromatic rings. The van der Waals surface area contributed by atoms with Crippen LogP contribution in [0.1, 0.15) is 18.5 Å². The van der Waals surface area contributed by atoms with Crippen LogP contribution in [-0.2, 0) is 0 Å². The van der Waals surface area contributed by atoms with Crippen LogP contribution in [0.15, 0.2) is 54.6 Å². The van der Waals surface area contributed by atoms with Gasteiger partial charge < -0.3 is 0 Å². The van der Waals surface area contributed by atoms with Gasteiger partial charge in [0.15, 0.2) is 0 Å². The lowest BCUT2D eigenvalue weighted by Gasteiger charge is -2.13. The van der Waals surface area contributed by atoms with E-state index in [4.69, 9.17) is 5.73 Å². The zero-order valence-corrected chi connectivity index (χ0v) is 9.77. The molecule has 0 aliphatic carbocycles. The van der Waals surface area contributed by atoms with Crippen molar-refractivity contribution in [2.24, 2.45) is 0 Å². The van der Waals surface area contributed by atoms with Crippen molar-refractivity contribution < 1.29 is 0 Å². The molecule has 0 aromatic heterocycles. The molecule has 1 N–H and O–H groups in total. The predicted molar refractivity (Wildman–Crippen MR) is 73.0 cm³/mol. The summed E-state index contributed by atoms with van der Waals surface area (Å²) in [4.78, 5) is 0. The van der Waals surface area contributed by atoms with E-state index in [2.05, 4.69) is 42.5 Å². The molecule has 0 amide bonds. The number of nitrogens with one attached hydrogen (secondary N) is 1. The van der Waals surface area contributed by atoms with Gasteiger partial charge >= 0.3 is 0 Å². The van der Waals surface area contributed by atoms with E-state index in [0.29, 0.717) is 0 Å².